The minimum absolute atomic E-state index is 0.0851. The molecule has 1 N–H and O–H groups in total. The van der Waals surface area contributed by atoms with Gasteiger partial charge in [0.1, 0.15) is 0 Å². The summed E-state index contributed by atoms with van der Waals surface area (Å²) in [6, 6.07) is 0. The zero-order valence-corrected chi connectivity index (χ0v) is 8.25. The highest BCUT2D eigenvalue weighted by Crippen LogP contribution is 2.28. The van der Waals surface area contributed by atoms with Crippen LogP contribution in [0.2, 0.25) is 0 Å². The maximum atomic E-state index is 11.0. The van der Waals surface area contributed by atoms with E-state index in [0.717, 1.165) is 12.8 Å². The van der Waals surface area contributed by atoms with Crippen LogP contribution in [0.1, 0.15) is 39.0 Å². The van der Waals surface area contributed by atoms with E-state index < -0.39 is 6.10 Å². The minimum atomic E-state index is -0.599. The molecule has 13 heavy (non-hydrogen) atoms. The maximum absolute atomic E-state index is 11.0. The van der Waals surface area contributed by atoms with E-state index >= 15 is 0 Å². The van der Waals surface area contributed by atoms with Crippen LogP contribution in [-0.4, -0.2) is 17.0 Å². The molecule has 0 aromatic carbocycles. The number of Topliss-reactive ketones (excluding diaryl/α,β-unsaturated/α-hetero) is 1. The molecule has 0 aromatic rings. The van der Waals surface area contributed by atoms with Gasteiger partial charge in [0.15, 0.2) is 5.78 Å². The lowest BCUT2D eigenvalue weighted by Crippen LogP contribution is -2.27. The van der Waals surface area contributed by atoms with Gasteiger partial charge in [-0.15, -0.1) is 0 Å². The van der Waals surface area contributed by atoms with Crippen LogP contribution in [-0.2, 0) is 4.79 Å². The van der Waals surface area contributed by atoms with Crippen molar-refractivity contribution in [2.24, 2.45) is 5.92 Å². The number of aliphatic hydroxyl groups is 1. The standard InChI is InChI=1S/C11H18O2/c1-8(9(2)12)11(13)10-6-4-3-5-7-10/h10-11,13H,1,3-7H2,2H3/t11-/m0/s1. The first-order valence-electron chi connectivity index (χ1n) is 5.00. The van der Waals surface area contributed by atoms with E-state index in [9.17, 15) is 9.90 Å². The fraction of sp³-hybridized carbons (Fsp3) is 0.727. The van der Waals surface area contributed by atoms with Gasteiger partial charge in [-0.1, -0.05) is 25.8 Å². The highest BCUT2D eigenvalue weighted by atomic mass is 16.3. The lowest BCUT2D eigenvalue weighted by atomic mass is 9.82. The van der Waals surface area contributed by atoms with Crippen LogP contribution in [0.4, 0.5) is 0 Å². The highest BCUT2D eigenvalue weighted by Gasteiger charge is 2.25. The van der Waals surface area contributed by atoms with Crippen molar-refractivity contribution in [3.8, 4) is 0 Å². The molecule has 0 spiro atoms. The summed E-state index contributed by atoms with van der Waals surface area (Å²) in [6.07, 6.45) is 5.08. The van der Waals surface area contributed by atoms with E-state index in [1.54, 1.807) is 0 Å². The lowest BCUT2D eigenvalue weighted by Gasteiger charge is -2.26. The van der Waals surface area contributed by atoms with E-state index in [1.807, 2.05) is 0 Å². The Morgan fingerprint density at radius 1 is 1.38 bits per heavy atom. The van der Waals surface area contributed by atoms with Crippen LogP contribution in [0.3, 0.4) is 0 Å². The topological polar surface area (TPSA) is 37.3 Å². The summed E-state index contributed by atoms with van der Waals surface area (Å²) in [6.45, 7) is 5.10. The minimum Gasteiger partial charge on any atom is -0.388 e. The molecule has 2 heteroatoms. The molecule has 0 saturated heterocycles. The third kappa shape index (κ3) is 2.66. The van der Waals surface area contributed by atoms with Gasteiger partial charge in [0, 0.05) is 5.57 Å². The van der Waals surface area contributed by atoms with Crippen LogP contribution in [0.25, 0.3) is 0 Å². The molecule has 0 aromatic heterocycles. The summed E-state index contributed by atoms with van der Waals surface area (Å²) in [4.78, 5) is 11.0. The Morgan fingerprint density at radius 3 is 2.38 bits per heavy atom. The SMILES string of the molecule is C=C(C(C)=O)[C@H](O)C1CCCCC1. The Kier molecular flexibility index (Phi) is 3.67. The Bertz CT molecular complexity index is 202. The van der Waals surface area contributed by atoms with Crippen LogP contribution in [0.5, 0.6) is 0 Å². The van der Waals surface area contributed by atoms with Crippen molar-refractivity contribution in [3.63, 3.8) is 0 Å². The lowest BCUT2D eigenvalue weighted by molar-refractivity contribution is -0.114. The molecule has 1 atom stereocenters. The van der Waals surface area contributed by atoms with Crippen molar-refractivity contribution in [3.05, 3.63) is 12.2 Å². The molecule has 1 aliphatic carbocycles. The number of carbonyl (C=O) groups is 1. The molecule has 0 amide bonds. The number of hydrogen-bond acceptors (Lipinski definition) is 2. The van der Waals surface area contributed by atoms with E-state index in [4.69, 9.17) is 0 Å². The molecule has 0 unspecified atom stereocenters. The molecule has 74 valence electrons. The van der Waals surface area contributed by atoms with Crippen LogP contribution < -0.4 is 0 Å². The predicted octanol–water partition coefficient (Wildman–Crippen LogP) is 2.07. The molecule has 0 aliphatic heterocycles. The third-order valence-corrected chi connectivity index (χ3v) is 2.91. The van der Waals surface area contributed by atoms with E-state index in [1.165, 1.54) is 26.2 Å². The van der Waals surface area contributed by atoms with Gasteiger partial charge < -0.3 is 5.11 Å². The number of rotatable bonds is 3. The van der Waals surface area contributed by atoms with Crippen molar-refractivity contribution < 1.29 is 9.90 Å². The Hall–Kier alpha value is -0.630. The average molecular weight is 182 g/mol. The molecule has 1 rings (SSSR count). The van der Waals surface area contributed by atoms with Gasteiger partial charge in [0.25, 0.3) is 0 Å². The van der Waals surface area contributed by atoms with Crippen LogP contribution in [0, 0.1) is 5.92 Å². The molecular weight excluding hydrogens is 164 g/mol. The molecule has 1 fully saturated rings. The number of ketones is 1. The van der Waals surface area contributed by atoms with Crippen molar-refractivity contribution in [2.75, 3.05) is 0 Å². The summed E-state index contributed by atoms with van der Waals surface area (Å²) in [5.41, 5.74) is 0.381. The smallest absolute Gasteiger partial charge is 0.157 e. The summed E-state index contributed by atoms with van der Waals surface area (Å²) in [5, 5.41) is 9.79. The molecule has 2 nitrogen and oxygen atoms in total. The second kappa shape index (κ2) is 4.56. The summed E-state index contributed by atoms with van der Waals surface area (Å²) in [5.74, 6) is 0.184. The fourth-order valence-corrected chi connectivity index (χ4v) is 1.94. The fourth-order valence-electron chi connectivity index (χ4n) is 1.94. The zero-order chi connectivity index (χ0) is 9.84. The second-order valence-corrected chi connectivity index (χ2v) is 3.92. The first kappa shape index (κ1) is 10.5. The molecule has 0 heterocycles. The van der Waals surface area contributed by atoms with E-state index in [2.05, 4.69) is 6.58 Å². The summed E-state index contributed by atoms with van der Waals surface area (Å²) in [7, 11) is 0. The molecule has 0 bridgehead atoms. The highest BCUT2D eigenvalue weighted by molar-refractivity contribution is 5.93. The van der Waals surface area contributed by atoms with Gasteiger partial charge in [-0.25, -0.2) is 0 Å². The molecular formula is C11H18O2. The second-order valence-electron chi connectivity index (χ2n) is 3.92. The Morgan fingerprint density at radius 2 is 1.92 bits per heavy atom. The van der Waals surface area contributed by atoms with Crippen molar-refractivity contribution >= 4 is 5.78 Å². The largest absolute Gasteiger partial charge is 0.388 e. The summed E-state index contributed by atoms with van der Waals surface area (Å²) >= 11 is 0. The van der Waals surface area contributed by atoms with Gasteiger partial charge in [-0.05, 0) is 25.7 Å². The van der Waals surface area contributed by atoms with Gasteiger partial charge in [-0.3, -0.25) is 4.79 Å². The van der Waals surface area contributed by atoms with Gasteiger partial charge in [0.05, 0.1) is 6.10 Å². The van der Waals surface area contributed by atoms with Crippen LogP contribution >= 0.6 is 0 Å². The quantitative estimate of drug-likeness (QED) is 0.678. The maximum Gasteiger partial charge on any atom is 0.157 e. The number of hydrogen-bond donors (Lipinski definition) is 1. The monoisotopic (exact) mass is 182 g/mol. The molecule has 1 saturated carbocycles. The zero-order valence-electron chi connectivity index (χ0n) is 8.25. The third-order valence-electron chi connectivity index (χ3n) is 2.91. The Labute approximate surface area is 79.6 Å². The normalized spacial score (nSPS) is 21.1. The molecule has 0 radical (unpaired) electrons. The van der Waals surface area contributed by atoms with Crippen LogP contribution in [0.15, 0.2) is 12.2 Å². The van der Waals surface area contributed by atoms with E-state index in [-0.39, 0.29) is 11.7 Å². The average Bonchev–Trinajstić information content (AvgIpc) is 2.17. The number of carbonyl (C=O) groups excluding carboxylic acids is 1. The first-order valence-corrected chi connectivity index (χ1v) is 5.00. The summed E-state index contributed by atoms with van der Waals surface area (Å²) < 4.78 is 0. The van der Waals surface area contributed by atoms with Crippen molar-refractivity contribution in [2.45, 2.75) is 45.1 Å². The predicted molar refractivity (Wildman–Crippen MR) is 52.4 cm³/mol. The van der Waals surface area contributed by atoms with Gasteiger partial charge >= 0.3 is 0 Å². The first-order chi connectivity index (χ1) is 6.13. The Balaban J connectivity index is 2.49. The van der Waals surface area contributed by atoms with Crippen molar-refractivity contribution in [1.29, 1.82) is 0 Å². The van der Waals surface area contributed by atoms with E-state index in [0.29, 0.717) is 5.57 Å². The van der Waals surface area contributed by atoms with Gasteiger partial charge in [-0.2, -0.15) is 0 Å². The van der Waals surface area contributed by atoms with Crippen molar-refractivity contribution in [1.82, 2.24) is 0 Å². The van der Waals surface area contributed by atoms with Gasteiger partial charge in [0.2, 0.25) is 0 Å². The molecule has 1 aliphatic rings. The number of aliphatic hydroxyl groups excluding tert-OH is 1.